The fraction of sp³-hybridized carbons (Fsp3) is 0.188. The topological polar surface area (TPSA) is 69.6 Å². The summed E-state index contributed by atoms with van der Waals surface area (Å²) >= 11 is 0. The fourth-order valence-corrected chi connectivity index (χ4v) is 2.06. The summed E-state index contributed by atoms with van der Waals surface area (Å²) < 4.78 is 0. The fourth-order valence-electron chi connectivity index (χ4n) is 2.06. The van der Waals surface area contributed by atoms with Crippen LogP contribution in [0.4, 0.5) is 0 Å². The second-order valence-electron chi connectivity index (χ2n) is 4.66. The number of hydrogen-bond donors (Lipinski definition) is 3. The standard InChI is InChI=1S/C16H17NO3/c1-11(12-7-9-14(18)10-8-12)17-15(16(19)20)13-5-3-2-4-6-13/h2-11,15,17-18H,1H3,(H,19,20). The Balaban J connectivity index is 2.16. The first-order chi connectivity index (χ1) is 9.58. The van der Waals surface area contributed by atoms with Crippen LogP contribution in [0.15, 0.2) is 54.6 Å². The molecule has 3 N–H and O–H groups in total. The molecule has 2 aromatic carbocycles. The highest BCUT2D eigenvalue weighted by atomic mass is 16.4. The van der Waals surface area contributed by atoms with Gasteiger partial charge in [-0.3, -0.25) is 10.1 Å². The Labute approximate surface area is 117 Å². The molecule has 0 aliphatic carbocycles. The van der Waals surface area contributed by atoms with Gasteiger partial charge in [0, 0.05) is 6.04 Å². The zero-order chi connectivity index (χ0) is 14.5. The SMILES string of the molecule is CC(NC(C(=O)O)c1ccccc1)c1ccc(O)cc1. The third kappa shape index (κ3) is 3.36. The molecule has 0 aliphatic heterocycles. The lowest BCUT2D eigenvalue weighted by Gasteiger charge is -2.21. The zero-order valence-corrected chi connectivity index (χ0v) is 11.2. The van der Waals surface area contributed by atoms with Crippen molar-refractivity contribution in [3.05, 3.63) is 65.7 Å². The van der Waals surface area contributed by atoms with Gasteiger partial charge in [0.25, 0.3) is 0 Å². The second kappa shape index (κ2) is 6.21. The summed E-state index contributed by atoms with van der Waals surface area (Å²) in [5.74, 6) is -0.722. The van der Waals surface area contributed by atoms with Crippen LogP contribution in [0, 0.1) is 0 Å². The van der Waals surface area contributed by atoms with Crippen molar-refractivity contribution in [1.29, 1.82) is 0 Å². The van der Waals surface area contributed by atoms with Crippen LogP contribution in [-0.4, -0.2) is 16.2 Å². The summed E-state index contributed by atoms with van der Waals surface area (Å²) in [5, 5.41) is 21.7. The molecule has 0 amide bonds. The molecule has 4 nitrogen and oxygen atoms in total. The molecular weight excluding hydrogens is 254 g/mol. The summed E-state index contributed by atoms with van der Waals surface area (Å²) in [6.07, 6.45) is 0. The van der Waals surface area contributed by atoms with Gasteiger partial charge in [-0.2, -0.15) is 0 Å². The molecule has 2 unspecified atom stereocenters. The van der Waals surface area contributed by atoms with Crippen LogP contribution in [-0.2, 0) is 4.79 Å². The molecular formula is C16H17NO3. The first kappa shape index (κ1) is 14.1. The van der Waals surface area contributed by atoms with E-state index in [9.17, 15) is 15.0 Å². The van der Waals surface area contributed by atoms with Crippen molar-refractivity contribution in [2.24, 2.45) is 0 Å². The number of carbonyl (C=O) groups is 1. The lowest BCUT2D eigenvalue weighted by Crippen LogP contribution is -2.30. The molecule has 4 heteroatoms. The van der Waals surface area contributed by atoms with Gasteiger partial charge in [0.1, 0.15) is 11.8 Å². The monoisotopic (exact) mass is 271 g/mol. The number of hydrogen-bond acceptors (Lipinski definition) is 3. The molecule has 2 rings (SSSR count). The molecule has 2 aromatic rings. The van der Waals surface area contributed by atoms with Gasteiger partial charge in [0.2, 0.25) is 0 Å². The second-order valence-corrected chi connectivity index (χ2v) is 4.66. The van der Waals surface area contributed by atoms with E-state index in [1.807, 2.05) is 25.1 Å². The van der Waals surface area contributed by atoms with E-state index in [0.29, 0.717) is 5.56 Å². The van der Waals surface area contributed by atoms with Crippen molar-refractivity contribution in [2.45, 2.75) is 19.0 Å². The number of carboxylic acid groups (broad SMARTS) is 1. The van der Waals surface area contributed by atoms with E-state index in [1.165, 1.54) is 0 Å². The number of phenols is 1. The largest absolute Gasteiger partial charge is 0.508 e. The Hall–Kier alpha value is -2.33. The zero-order valence-electron chi connectivity index (χ0n) is 11.2. The van der Waals surface area contributed by atoms with Gasteiger partial charge in [-0.25, -0.2) is 0 Å². The van der Waals surface area contributed by atoms with Crippen LogP contribution in [0.3, 0.4) is 0 Å². The van der Waals surface area contributed by atoms with Crippen LogP contribution < -0.4 is 5.32 Å². The lowest BCUT2D eigenvalue weighted by atomic mass is 10.0. The molecule has 20 heavy (non-hydrogen) atoms. The van der Waals surface area contributed by atoms with Crippen LogP contribution in [0.25, 0.3) is 0 Å². The predicted molar refractivity (Wildman–Crippen MR) is 76.5 cm³/mol. The van der Waals surface area contributed by atoms with E-state index in [1.54, 1.807) is 36.4 Å². The smallest absolute Gasteiger partial charge is 0.325 e. The number of rotatable bonds is 5. The number of benzene rings is 2. The van der Waals surface area contributed by atoms with Crippen molar-refractivity contribution in [3.63, 3.8) is 0 Å². The predicted octanol–water partition coefficient (Wildman–Crippen LogP) is 2.87. The summed E-state index contributed by atoms with van der Waals surface area (Å²) in [6, 6.07) is 14.9. The Morgan fingerprint density at radius 2 is 1.60 bits per heavy atom. The Kier molecular flexibility index (Phi) is 4.38. The highest BCUT2D eigenvalue weighted by Crippen LogP contribution is 2.21. The molecule has 0 aromatic heterocycles. The first-order valence-electron chi connectivity index (χ1n) is 6.40. The molecule has 0 fully saturated rings. The van der Waals surface area contributed by atoms with Gasteiger partial charge in [0.05, 0.1) is 0 Å². The summed E-state index contributed by atoms with van der Waals surface area (Å²) in [6.45, 7) is 1.89. The number of nitrogens with one attached hydrogen (secondary N) is 1. The maximum Gasteiger partial charge on any atom is 0.325 e. The van der Waals surface area contributed by atoms with E-state index >= 15 is 0 Å². The third-order valence-corrected chi connectivity index (χ3v) is 3.19. The van der Waals surface area contributed by atoms with E-state index in [4.69, 9.17) is 0 Å². The van der Waals surface area contributed by atoms with Gasteiger partial charge < -0.3 is 10.2 Å². The molecule has 104 valence electrons. The van der Waals surface area contributed by atoms with Crippen LogP contribution >= 0.6 is 0 Å². The highest BCUT2D eigenvalue weighted by molar-refractivity contribution is 5.75. The van der Waals surface area contributed by atoms with Crippen LogP contribution in [0.2, 0.25) is 0 Å². The number of phenolic OH excluding ortho intramolecular Hbond substituents is 1. The molecule has 0 saturated carbocycles. The Bertz CT molecular complexity index is 566. The molecule has 0 saturated heterocycles. The van der Waals surface area contributed by atoms with E-state index in [-0.39, 0.29) is 11.8 Å². The van der Waals surface area contributed by atoms with Gasteiger partial charge in [-0.15, -0.1) is 0 Å². The summed E-state index contributed by atoms with van der Waals surface area (Å²) in [4.78, 5) is 11.4. The van der Waals surface area contributed by atoms with Gasteiger partial charge in [-0.05, 0) is 30.2 Å². The van der Waals surface area contributed by atoms with E-state index < -0.39 is 12.0 Å². The van der Waals surface area contributed by atoms with E-state index in [2.05, 4.69) is 5.32 Å². The van der Waals surface area contributed by atoms with Crippen molar-refractivity contribution in [3.8, 4) is 5.75 Å². The number of aliphatic carboxylic acids is 1. The third-order valence-electron chi connectivity index (χ3n) is 3.19. The molecule has 0 aliphatic rings. The van der Waals surface area contributed by atoms with Crippen LogP contribution in [0.1, 0.15) is 30.1 Å². The first-order valence-corrected chi connectivity index (χ1v) is 6.40. The minimum atomic E-state index is -0.915. The molecule has 0 heterocycles. The number of carboxylic acids is 1. The summed E-state index contributed by atoms with van der Waals surface area (Å²) in [5.41, 5.74) is 1.63. The van der Waals surface area contributed by atoms with Gasteiger partial charge in [0.15, 0.2) is 0 Å². The lowest BCUT2D eigenvalue weighted by molar-refractivity contribution is -0.139. The van der Waals surface area contributed by atoms with Crippen molar-refractivity contribution in [2.75, 3.05) is 0 Å². The van der Waals surface area contributed by atoms with Gasteiger partial charge >= 0.3 is 5.97 Å². The molecule has 0 spiro atoms. The molecule has 0 radical (unpaired) electrons. The van der Waals surface area contributed by atoms with Crippen LogP contribution in [0.5, 0.6) is 5.75 Å². The maximum absolute atomic E-state index is 11.4. The normalized spacial score (nSPS) is 13.7. The Morgan fingerprint density at radius 3 is 2.15 bits per heavy atom. The summed E-state index contributed by atoms with van der Waals surface area (Å²) in [7, 11) is 0. The minimum Gasteiger partial charge on any atom is -0.508 e. The maximum atomic E-state index is 11.4. The Morgan fingerprint density at radius 1 is 1.00 bits per heavy atom. The minimum absolute atomic E-state index is 0.142. The van der Waals surface area contributed by atoms with E-state index in [0.717, 1.165) is 5.56 Å². The highest BCUT2D eigenvalue weighted by Gasteiger charge is 2.21. The van der Waals surface area contributed by atoms with Crippen molar-refractivity contribution < 1.29 is 15.0 Å². The number of aromatic hydroxyl groups is 1. The average Bonchev–Trinajstić information content (AvgIpc) is 2.46. The van der Waals surface area contributed by atoms with Crippen molar-refractivity contribution >= 4 is 5.97 Å². The molecule has 2 atom stereocenters. The quantitative estimate of drug-likeness (QED) is 0.782. The van der Waals surface area contributed by atoms with Crippen molar-refractivity contribution in [1.82, 2.24) is 5.32 Å². The van der Waals surface area contributed by atoms with Gasteiger partial charge in [-0.1, -0.05) is 42.5 Å². The average molecular weight is 271 g/mol. The molecule has 0 bridgehead atoms.